The summed E-state index contributed by atoms with van der Waals surface area (Å²) in [4.78, 5) is 32.7. The molecule has 0 saturated heterocycles. The summed E-state index contributed by atoms with van der Waals surface area (Å²) in [5.41, 5.74) is 10.2. The predicted molar refractivity (Wildman–Crippen MR) is 65.6 cm³/mol. The Morgan fingerprint density at radius 3 is 2.53 bits per heavy atom. The predicted octanol–water partition coefficient (Wildman–Crippen LogP) is -0.0708. The number of amides is 3. The number of hydrogen-bond acceptors (Lipinski definition) is 5. The Labute approximate surface area is 108 Å². The molecule has 0 saturated carbocycles. The highest BCUT2D eigenvalue weighted by atomic mass is 16.5. The van der Waals surface area contributed by atoms with E-state index in [1.165, 1.54) is 25.1 Å². The van der Waals surface area contributed by atoms with Crippen LogP contribution in [-0.2, 0) is 4.79 Å². The number of carbonyl (C=O) groups is 3. The zero-order valence-electron chi connectivity index (χ0n) is 10.0. The maximum absolute atomic E-state index is 11.4. The molecule has 8 nitrogen and oxygen atoms in total. The smallest absolute Gasteiger partial charge is 0.337 e. The van der Waals surface area contributed by atoms with Crippen molar-refractivity contribution >= 4 is 23.6 Å². The number of carboxylic acid groups (broad SMARTS) is 1. The van der Waals surface area contributed by atoms with E-state index < -0.39 is 24.0 Å². The second-order valence-corrected chi connectivity index (χ2v) is 3.67. The molecule has 0 aliphatic heterocycles. The molecule has 3 amide bonds. The fraction of sp³-hybridized carbons (Fsp3) is 0.182. The van der Waals surface area contributed by atoms with Crippen molar-refractivity contribution in [3.8, 4) is 5.75 Å². The standard InChI is InChI=1S/C11H13N3O5/c1-5(9(15)14-11(13)18)19-6-2-3-8(12)7(4-6)10(16)17/h2-5H,12H2,1H3,(H,16,17)(H3,13,14,15,18). The number of ether oxygens (including phenoxy) is 1. The number of carboxylic acids is 1. The van der Waals surface area contributed by atoms with E-state index in [1.54, 1.807) is 0 Å². The SMILES string of the molecule is CC(Oc1ccc(N)c(C(=O)O)c1)C(=O)NC(N)=O. The minimum Gasteiger partial charge on any atom is -0.481 e. The van der Waals surface area contributed by atoms with Crippen molar-refractivity contribution in [1.82, 2.24) is 5.32 Å². The van der Waals surface area contributed by atoms with Crippen LogP contribution in [0.1, 0.15) is 17.3 Å². The summed E-state index contributed by atoms with van der Waals surface area (Å²) in [6.07, 6.45) is -1.02. The highest BCUT2D eigenvalue weighted by Crippen LogP contribution is 2.20. The van der Waals surface area contributed by atoms with E-state index in [2.05, 4.69) is 0 Å². The third kappa shape index (κ3) is 3.87. The van der Waals surface area contributed by atoms with Crippen molar-refractivity contribution in [2.45, 2.75) is 13.0 Å². The van der Waals surface area contributed by atoms with E-state index in [0.717, 1.165) is 0 Å². The van der Waals surface area contributed by atoms with Crippen LogP contribution in [0.4, 0.5) is 10.5 Å². The van der Waals surface area contributed by atoms with E-state index >= 15 is 0 Å². The van der Waals surface area contributed by atoms with Crippen LogP contribution in [0.5, 0.6) is 5.75 Å². The number of aromatic carboxylic acids is 1. The number of imide groups is 1. The van der Waals surface area contributed by atoms with Gasteiger partial charge in [-0.05, 0) is 25.1 Å². The number of rotatable bonds is 4. The van der Waals surface area contributed by atoms with Crippen molar-refractivity contribution in [2.75, 3.05) is 5.73 Å². The van der Waals surface area contributed by atoms with E-state index in [1.807, 2.05) is 5.32 Å². The Bertz CT molecular complexity index is 529. The van der Waals surface area contributed by atoms with Gasteiger partial charge in [-0.3, -0.25) is 10.1 Å². The zero-order valence-corrected chi connectivity index (χ0v) is 10.0. The summed E-state index contributed by atoms with van der Waals surface area (Å²) in [6, 6.07) is 2.95. The lowest BCUT2D eigenvalue weighted by Gasteiger charge is -2.14. The fourth-order valence-corrected chi connectivity index (χ4v) is 1.27. The minimum absolute atomic E-state index is 0.0779. The van der Waals surface area contributed by atoms with E-state index in [9.17, 15) is 14.4 Å². The first-order valence-electron chi connectivity index (χ1n) is 5.21. The Balaban J connectivity index is 2.82. The number of benzene rings is 1. The molecule has 8 heteroatoms. The number of hydrogen-bond donors (Lipinski definition) is 4. The number of anilines is 1. The van der Waals surface area contributed by atoms with Crippen LogP contribution >= 0.6 is 0 Å². The first kappa shape index (κ1) is 14.3. The van der Waals surface area contributed by atoms with Crippen molar-refractivity contribution in [3.63, 3.8) is 0 Å². The summed E-state index contributed by atoms with van der Waals surface area (Å²) in [7, 11) is 0. The molecule has 0 heterocycles. The topological polar surface area (TPSA) is 145 Å². The monoisotopic (exact) mass is 267 g/mol. The van der Waals surface area contributed by atoms with Gasteiger partial charge in [0.15, 0.2) is 6.10 Å². The average Bonchev–Trinajstić information content (AvgIpc) is 2.30. The third-order valence-electron chi connectivity index (χ3n) is 2.18. The molecule has 1 aromatic rings. The van der Waals surface area contributed by atoms with Gasteiger partial charge in [0.2, 0.25) is 0 Å². The third-order valence-corrected chi connectivity index (χ3v) is 2.18. The van der Waals surface area contributed by atoms with Crippen molar-refractivity contribution < 1.29 is 24.2 Å². The normalized spacial score (nSPS) is 11.4. The molecule has 19 heavy (non-hydrogen) atoms. The zero-order chi connectivity index (χ0) is 14.6. The molecule has 102 valence electrons. The van der Waals surface area contributed by atoms with E-state index in [0.29, 0.717) is 0 Å². The highest BCUT2D eigenvalue weighted by molar-refractivity contribution is 5.96. The molecule has 0 aliphatic carbocycles. The summed E-state index contributed by atoms with van der Waals surface area (Å²) in [5, 5.41) is 10.7. The molecular formula is C11H13N3O5. The van der Waals surface area contributed by atoms with E-state index in [4.69, 9.17) is 21.3 Å². The number of urea groups is 1. The second-order valence-electron chi connectivity index (χ2n) is 3.67. The molecule has 6 N–H and O–H groups in total. The van der Waals surface area contributed by atoms with Gasteiger partial charge in [-0.25, -0.2) is 9.59 Å². The van der Waals surface area contributed by atoms with Gasteiger partial charge in [0.1, 0.15) is 5.75 Å². The molecule has 1 unspecified atom stereocenters. The number of nitrogens with one attached hydrogen (secondary N) is 1. The summed E-state index contributed by atoms with van der Waals surface area (Å²) in [6.45, 7) is 1.38. The molecule has 1 atom stereocenters. The molecule has 1 rings (SSSR count). The average molecular weight is 267 g/mol. The number of primary amides is 1. The maximum Gasteiger partial charge on any atom is 0.337 e. The number of carbonyl (C=O) groups excluding carboxylic acids is 2. The maximum atomic E-state index is 11.4. The fourth-order valence-electron chi connectivity index (χ4n) is 1.27. The Morgan fingerprint density at radius 1 is 1.37 bits per heavy atom. The lowest BCUT2D eigenvalue weighted by Crippen LogP contribution is -2.42. The van der Waals surface area contributed by atoms with Crippen LogP contribution in [0.25, 0.3) is 0 Å². The second kappa shape index (κ2) is 5.71. The van der Waals surface area contributed by atoms with Crippen molar-refractivity contribution in [3.05, 3.63) is 23.8 Å². The Hall–Kier alpha value is -2.77. The van der Waals surface area contributed by atoms with Crippen LogP contribution in [0.2, 0.25) is 0 Å². The van der Waals surface area contributed by atoms with Crippen LogP contribution in [0, 0.1) is 0 Å². The first-order chi connectivity index (χ1) is 8.81. The van der Waals surface area contributed by atoms with Gasteiger partial charge in [-0.2, -0.15) is 0 Å². The summed E-state index contributed by atoms with van der Waals surface area (Å²) < 4.78 is 5.18. The number of nitrogens with two attached hydrogens (primary N) is 2. The summed E-state index contributed by atoms with van der Waals surface area (Å²) in [5.74, 6) is -1.81. The first-order valence-corrected chi connectivity index (χ1v) is 5.21. The van der Waals surface area contributed by atoms with Gasteiger partial charge in [-0.1, -0.05) is 0 Å². The molecule has 0 bridgehead atoms. The molecule has 0 spiro atoms. The van der Waals surface area contributed by atoms with Gasteiger partial charge in [0.05, 0.1) is 5.56 Å². The lowest BCUT2D eigenvalue weighted by atomic mass is 10.1. The van der Waals surface area contributed by atoms with Gasteiger partial charge in [-0.15, -0.1) is 0 Å². The Morgan fingerprint density at radius 2 is 2.00 bits per heavy atom. The van der Waals surface area contributed by atoms with Crippen LogP contribution < -0.4 is 21.5 Å². The van der Waals surface area contributed by atoms with Crippen LogP contribution in [0.3, 0.4) is 0 Å². The van der Waals surface area contributed by atoms with Crippen molar-refractivity contribution in [2.24, 2.45) is 5.73 Å². The van der Waals surface area contributed by atoms with Gasteiger partial charge < -0.3 is 21.3 Å². The van der Waals surface area contributed by atoms with E-state index in [-0.39, 0.29) is 17.0 Å². The summed E-state index contributed by atoms with van der Waals surface area (Å²) >= 11 is 0. The molecular weight excluding hydrogens is 254 g/mol. The largest absolute Gasteiger partial charge is 0.481 e. The minimum atomic E-state index is -1.21. The quantitative estimate of drug-likeness (QED) is 0.562. The highest BCUT2D eigenvalue weighted by Gasteiger charge is 2.17. The van der Waals surface area contributed by atoms with Crippen LogP contribution in [-0.4, -0.2) is 29.1 Å². The number of nitrogen functional groups attached to an aromatic ring is 1. The van der Waals surface area contributed by atoms with Crippen molar-refractivity contribution in [1.29, 1.82) is 0 Å². The van der Waals surface area contributed by atoms with Gasteiger partial charge in [0.25, 0.3) is 5.91 Å². The Kier molecular flexibility index (Phi) is 4.30. The molecule has 0 aromatic heterocycles. The molecule has 0 aliphatic rings. The molecule has 0 radical (unpaired) electrons. The van der Waals surface area contributed by atoms with Gasteiger partial charge >= 0.3 is 12.0 Å². The molecule has 0 fully saturated rings. The lowest BCUT2D eigenvalue weighted by molar-refractivity contribution is -0.126. The van der Waals surface area contributed by atoms with Gasteiger partial charge in [0, 0.05) is 5.69 Å². The molecule has 1 aromatic carbocycles. The van der Waals surface area contributed by atoms with Crippen LogP contribution in [0.15, 0.2) is 18.2 Å².